The fourth-order valence-electron chi connectivity index (χ4n) is 3.26. The molecule has 4 rings (SSSR count). The van der Waals surface area contributed by atoms with E-state index in [4.69, 9.17) is 10.7 Å². The molecule has 24 heavy (non-hydrogen) atoms. The maximum absolute atomic E-state index is 12.5. The van der Waals surface area contributed by atoms with Crippen LogP contribution in [0, 0.1) is 0 Å². The number of hydrogen-bond acceptors (Lipinski definition) is 5. The smallest absolute Gasteiger partial charge is 0.263 e. The van der Waals surface area contributed by atoms with E-state index in [0.717, 1.165) is 29.0 Å². The Hall–Kier alpha value is -2.05. The molecule has 0 aliphatic carbocycles. The molecule has 0 unspecified atom stereocenters. The molecule has 2 aliphatic heterocycles. The molecule has 2 aliphatic rings. The van der Waals surface area contributed by atoms with Crippen LogP contribution < -0.4 is 11.1 Å². The van der Waals surface area contributed by atoms with Gasteiger partial charge in [0.15, 0.2) is 0 Å². The van der Waals surface area contributed by atoms with Crippen LogP contribution in [0.25, 0.3) is 0 Å². The number of nitrogens with zero attached hydrogens (tertiary/aromatic N) is 2. The third-order valence-electron chi connectivity index (χ3n) is 4.51. The number of amides is 1. The molecule has 3 N–H and O–H groups in total. The van der Waals surface area contributed by atoms with Gasteiger partial charge in [-0.1, -0.05) is 18.2 Å². The summed E-state index contributed by atoms with van der Waals surface area (Å²) in [6, 6.07) is 11.7. The molecule has 3 heterocycles. The standard InChI is InChI=1S/C17H18N4OS.ClH/c18-15-12-4-1-2-5-13(12)19-17(20-15)7-9-21(10-8-17)16(22)14-6-3-11-23-14;/h1-6,11,19H,7-10H2,(H2,18,20);1H. The number of nitrogens with one attached hydrogen (secondary N) is 1. The molecule has 0 bridgehead atoms. The van der Waals surface area contributed by atoms with Crippen LogP contribution in [0.15, 0.2) is 46.8 Å². The number of benzene rings is 1. The summed E-state index contributed by atoms with van der Waals surface area (Å²) in [4.78, 5) is 19.9. The van der Waals surface area contributed by atoms with E-state index in [1.54, 1.807) is 0 Å². The Kier molecular flexibility index (Phi) is 4.51. The molecular formula is C17H19ClN4OS. The van der Waals surface area contributed by atoms with Gasteiger partial charge < -0.3 is 16.0 Å². The lowest BCUT2D eigenvalue weighted by Gasteiger charge is -2.42. The molecule has 1 amide bonds. The van der Waals surface area contributed by atoms with E-state index >= 15 is 0 Å². The van der Waals surface area contributed by atoms with Crippen LogP contribution >= 0.6 is 23.7 Å². The second-order valence-corrected chi connectivity index (χ2v) is 6.92. The van der Waals surface area contributed by atoms with Crippen molar-refractivity contribution in [1.29, 1.82) is 0 Å². The molecular weight excluding hydrogens is 344 g/mol. The zero-order valence-electron chi connectivity index (χ0n) is 13.1. The number of halogens is 1. The van der Waals surface area contributed by atoms with Crippen molar-refractivity contribution in [1.82, 2.24) is 4.90 Å². The van der Waals surface area contributed by atoms with Crippen LogP contribution in [0.1, 0.15) is 28.1 Å². The van der Waals surface area contributed by atoms with Crippen LogP contribution in [0.2, 0.25) is 0 Å². The normalized spacial score (nSPS) is 18.2. The molecule has 126 valence electrons. The number of rotatable bonds is 1. The van der Waals surface area contributed by atoms with Crippen molar-refractivity contribution in [3.63, 3.8) is 0 Å². The highest BCUT2D eigenvalue weighted by Crippen LogP contribution is 2.34. The first kappa shape index (κ1) is 16.8. The zero-order chi connectivity index (χ0) is 15.9. The highest BCUT2D eigenvalue weighted by Gasteiger charge is 2.38. The van der Waals surface area contributed by atoms with Crippen molar-refractivity contribution in [3.8, 4) is 0 Å². The number of aliphatic imine (C=N–C) groups is 1. The van der Waals surface area contributed by atoms with Gasteiger partial charge >= 0.3 is 0 Å². The number of carbonyl (C=O) groups is 1. The summed E-state index contributed by atoms with van der Waals surface area (Å²) < 4.78 is 0. The largest absolute Gasteiger partial charge is 0.383 e. The van der Waals surface area contributed by atoms with Gasteiger partial charge in [0, 0.05) is 37.2 Å². The third-order valence-corrected chi connectivity index (χ3v) is 5.37. The number of para-hydroxylation sites is 1. The number of anilines is 1. The molecule has 2 aromatic rings. The summed E-state index contributed by atoms with van der Waals surface area (Å²) in [6.07, 6.45) is 1.53. The quantitative estimate of drug-likeness (QED) is 0.819. The number of likely N-dealkylation sites (tertiary alicyclic amines) is 1. The average molecular weight is 363 g/mol. The maximum Gasteiger partial charge on any atom is 0.263 e. The molecule has 1 saturated heterocycles. The summed E-state index contributed by atoms with van der Waals surface area (Å²) in [5.41, 5.74) is 7.75. The number of fused-ring (bicyclic) bond motifs is 1. The van der Waals surface area contributed by atoms with Gasteiger partial charge in [-0.25, -0.2) is 4.99 Å². The molecule has 1 fully saturated rings. The van der Waals surface area contributed by atoms with Crippen molar-refractivity contribution in [2.45, 2.75) is 18.5 Å². The first-order valence-electron chi connectivity index (χ1n) is 7.73. The number of thiophene rings is 1. The SMILES string of the molecule is Cl.NC1=NC2(CCN(C(=O)c3cccs3)CC2)Nc2ccccc21. The fourth-order valence-corrected chi connectivity index (χ4v) is 3.95. The van der Waals surface area contributed by atoms with Crippen LogP contribution in [-0.4, -0.2) is 35.4 Å². The van der Waals surface area contributed by atoms with E-state index in [1.807, 2.05) is 46.7 Å². The highest BCUT2D eigenvalue weighted by atomic mass is 35.5. The molecule has 5 nitrogen and oxygen atoms in total. The predicted octanol–water partition coefficient (Wildman–Crippen LogP) is 2.93. The summed E-state index contributed by atoms with van der Waals surface area (Å²) in [5, 5.41) is 5.47. The molecule has 1 spiro atoms. The van der Waals surface area contributed by atoms with Crippen molar-refractivity contribution in [2.24, 2.45) is 10.7 Å². The molecule has 0 radical (unpaired) electrons. The monoisotopic (exact) mass is 362 g/mol. The number of piperidine rings is 1. The van der Waals surface area contributed by atoms with E-state index in [0.29, 0.717) is 18.9 Å². The van der Waals surface area contributed by atoms with Gasteiger partial charge in [-0.15, -0.1) is 23.7 Å². The van der Waals surface area contributed by atoms with Gasteiger partial charge in [-0.05, 0) is 23.6 Å². The van der Waals surface area contributed by atoms with E-state index in [9.17, 15) is 4.79 Å². The molecule has 1 aromatic carbocycles. The van der Waals surface area contributed by atoms with Crippen LogP contribution in [-0.2, 0) is 0 Å². The van der Waals surface area contributed by atoms with Crippen molar-refractivity contribution in [2.75, 3.05) is 18.4 Å². The van der Waals surface area contributed by atoms with Crippen LogP contribution in [0.3, 0.4) is 0 Å². The minimum Gasteiger partial charge on any atom is -0.383 e. The Morgan fingerprint density at radius 3 is 2.67 bits per heavy atom. The first-order valence-corrected chi connectivity index (χ1v) is 8.61. The van der Waals surface area contributed by atoms with Gasteiger partial charge in [0.25, 0.3) is 5.91 Å². The maximum atomic E-state index is 12.5. The Labute approximate surface area is 151 Å². The van der Waals surface area contributed by atoms with Crippen molar-refractivity contribution < 1.29 is 4.79 Å². The van der Waals surface area contributed by atoms with E-state index in [2.05, 4.69) is 5.32 Å². The van der Waals surface area contributed by atoms with Gasteiger partial charge in [0.1, 0.15) is 11.5 Å². The van der Waals surface area contributed by atoms with Gasteiger partial charge in [-0.3, -0.25) is 4.79 Å². The number of carbonyl (C=O) groups excluding carboxylic acids is 1. The highest BCUT2D eigenvalue weighted by molar-refractivity contribution is 7.12. The van der Waals surface area contributed by atoms with E-state index in [1.165, 1.54) is 11.3 Å². The molecule has 0 saturated carbocycles. The topological polar surface area (TPSA) is 70.7 Å². The number of amidine groups is 1. The average Bonchev–Trinajstić information content (AvgIpc) is 3.09. The minimum absolute atomic E-state index is 0. The molecule has 1 aromatic heterocycles. The van der Waals surface area contributed by atoms with Gasteiger partial charge in [0.2, 0.25) is 0 Å². The second kappa shape index (κ2) is 6.45. The van der Waals surface area contributed by atoms with Crippen LogP contribution in [0.5, 0.6) is 0 Å². The summed E-state index contributed by atoms with van der Waals surface area (Å²) in [5.74, 6) is 0.695. The van der Waals surface area contributed by atoms with E-state index in [-0.39, 0.29) is 24.0 Å². The fraction of sp³-hybridized carbons (Fsp3) is 0.294. The minimum atomic E-state index is -0.384. The number of hydrogen-bond donors (Lipinski definition) is 2. The number of nitrogens with two attached hydrogens (primary N) is 1. The lowest BCUT2D eigenvalue weighted by atomic mass is 9.93. The Bertz CT molecular complexity index is 767. The molecule has 7 heteroatoms. The second-order valence-electron chi connectivity index (χ2n) is 5.97. The first-order chi connectivity index (χ1) is 11.2. The van der Waals surface area contributed by atoms with Crippen molar-refractivity contribution >= 4 is 41.2 Å². The van der Waals surface area contributed by atoms with Gasteiger partial charge in [0.05, 0.1) is 4.88 Å². The van der Waals surface area contributed by atoms with Gasteiger partial charge in [-0.2, -0.15) is 0 Å². The van der Waals surface area contributed by atoms with Crippen LogP contribution in [0.4, 0.5) is 5.69 Å². The lowest BCUT2D eigenvalue weighted by molar-refractivity contribution is 0.0690. The Morgan fingerprint density at radius 1 is 1.21 bits per heavy atom. The Balaban J connectivity index is 0.00000169. The summed E-state index contributed by atoms with van der Waals surface area (Å²) >= 11 is 1.49. The molecule has 0 atom stereocenters. The predicted molar refractivity (Wildman–Crippen MR) is 100 cm³/mol. The lowest BCUT2D eigenvalue weighted by Crippen LogP contribution is -2.52. The Morgan fingerprint density at radius 2 is 1.96 bits per heavy atom. The van der Waals surface area contributed by atoms with Crippen molar-refractivity contribution in [3.05, 3.63) is 52.2 Å². The van der Waals surface area contributed by atoms with E-state index < -0.39 is 0 Å². The summed E-state index contributed by atoms with van der Waals surface area (Å²) in [6.45, 7) is 1.37. The third kappa shape index (κ3) is 2.87. The zero-order valence-corrected chi connectivity index (χ0v) is 14.7. The summed E-state index contributed by atoms with van der Waals surface area (Å²) in [7, 11) is 0.